The van der Waals surface area contributed by atoms with Gasteiger partial charge in [-0.1, -0.05) is 41.6 Å². The average Bonchev–Trinajstić information content (AvgIpc) is 2.93. The van der Waals surface area contributed by atoms with Crippen LogP contribution in [0.4, 0.5) is 0 Å². The maximum atomic E-state index is 5.49. The lowest BCUT2D eigenvalue weighted by molar-refractivity contribution is 0.386. The first-order chi connectivity index (χ1) is 9.24. The Morgan fingerprint density at radius 3 is 2.74 bits per heavy atom. The lowest BCUT2D eigenvalue weighted by Crippen LogP contribution is -2.18. The first kappa shape index (κ1) is 14.9. The lowest BCUT2D eigenvalue weighted by Gasteiger charge is -2.21. The normalized spacial score (nSPS) is 17.6. The molecule has 0 saturated heterocycles. The van der Waals surface area contributed by atoms with Crippen LogP contribution in [0, 0.1) is 5.92 Å². The van der Waals surface area contributed by atoms with Crippen molar-refractivity contribution < 1.29 is 4.74 Å². The number of benzene rings is 1. The Labute approximate surface area is 125 Å². The van der Waals surface area contributed by atoms with Crippen LogP contribution in [0.3, 0.4) is 0 Å². The van der Waals surface area contributed by atoms with Gasteiger partial charge in [0.25, 0.3) is 0 Å². The molecule has 1 aromatic rings. The van der Waals surface area contributed by atoms with Crippen LogP contribution in [0.2, 0.25) is 0 Å². The summed E-state index contributed by atoms with van der Waals surface area (Å²) in [6.07, 6.45) is 8.21. The summed E-state index contributed by atoms with van der Waals surface area (Å²) in [5, 5.41) is 3.44. The summed E-state index contributed by atoms with van der Waals surface area (Å²) in [4.78, 5) is 0. The number of nitrogens with one attached hydrogen (secondary N) is 1. The highest BCUT2D eigenvalue weighted by molar-refractivity contribution is 9.10. The van der Waals surface area contributed by atoms with Gasteiger partial charge in [-0.25, -0.2) is 0 Å². The zero-order valence-corrected chi connectivity index (χ0v) is 13.5. The molecule has 1 aromatic carbocycles. The van der Waals surface area contributed by atoms with Gasteiger partial charge in [-0.15, -0.1) is 0 Å². The Hall–Kier alpha value is -0.540. The molecule has 3 heteroatoms. The summed E-state index contributed by atoms with van der Waals surface area (Å²) in [6, 6.07) is 6.63. The number of hydrogen-bond acceptors (Lipinski definition) is 2. The van der Waals surface area contributed by atoms with Gasteiger partial charge in [0, 0.05) is 16.1 Å². The minimum absolute atomic E-state index is 0.382. The number of rotatable bonds is 6. The Morgan fingerprint density at radius 1 is 1.37 bits per heavy atom. The number of halogens is 1. The quantitative estimate of drug-likeness (QED) is 0.819. The second kappa shape index (κ2) is 7.30. The Bertz CT molecular complexity index is 402. The van der Waals surface area contributed by atoms with Gasteiger partial charge in [0.1, 0.15) is 5.75 Å². The van der Waals surface area contributed by atoms with Crippen molar-refractivity contribution in [3.63, 3.8) is 0 Å². The van der Waals surface area contributed by atoms with Gasteiger partial charge in [0.2, 0.25) is 0 Å². The topological polar surface area (TPSA) is 21.3 Å². The van der Waals surface area contributed by atoms with Crippen molar-refractivity contribution in [2.75, 3.05) is 14.2 Å². The Balaban J connectivity index is 2.05. The van der Waals surface area contributed by atoms with Gasteiger partial charge in [0.05, 0.1) is 7.11 Å². The van der Waals surface area contributed by atoms with Gasteiger partial charge in [-0.3, -0.25) is 0 Å². The maximum absolute atomic E-state index is 5.49. The molecule has 0 bridgehead atoms. The smallest absolute Gasteiger partial charge is 0.123 e. The minimum Gasteiger partial charge on any atom is -0.496 e. The Kier molecular flexibility index (Phi) is 5.71. The summed E-state index contributed by atoms with van der Waals surface area (Å²) < 4.78 is 6.61. The Morgan fingerprint density at radius 2 is 2.11 bits per heavy atom. The van der Waals surface area contributed by atoms with Crippen LogP contribution in [-0.4, -0.2) is 14.2 Å². The molecule has 2 rings (SSSR count). The first-order valence-corrected chi connectivity index (χ1v) is 8.04. The van der Waals surface area contributed by atoms with Crippen molar-refractivity contribution in [1.29, 1.82) is 0 Å². The van der Waals surface area contributed by atoms with Crippen LogP contribution < -0.4 is 10.1 Å². The summed E-state index contributed by atoms with van der Waals surface area (Å²) in [7, 11) is 3.79. The molecule has 19 heavy (non-hydrogen) atoms. The van der Waals surface area contributed by atoms with Gasteiger partial charge >= 0.3 is 0 Å². The molecule has 0 spiro atoms. The molecule has 0 aliphatic heterocycles. The highest BCUT2D eigenvalue weighted by Gasteiger charge is 2.19. The number of hydrogen-bond donors (Lipinski definition) is 1. The fourth-order valence-corrected chi connectivity index (χ4v) is 3.51. The molecule has 1 N–H and O–H groups in total. The second-order valence-electron chi connectivity index (χ2n) is 5.46. The van der Waals surface area contributed by atoms with E-state index in [0.717, 1.165) is 16.1 Å². The number of ether oxygens (including phenoxy) is 1. The van der Waals surface area contributed by atoms with Crippen LogP contribution in [0.25, 0.3) is 0 Å². The molecule has 0 aromatic heterocycles. The van der Waals surface area contributed by atoms with Crippen molar-refractivity contribution in [2.45, 2.75) is 44.6 Å². The molecule has 1 saturated carbocycles. The van der Waals surface area contributed by atoms with E-state index in [-0.39, 0.29) is 0 Å². The molecule has 0 radical (unpaired) electrons. The van der Waals surface area contributed by atoms with E-state index < -0.39 is 0 Å². The van der Waals surface area contributed by atoms with E-state index in [1.807, 2.05) is 19.2 Å². The lowest BCUT2D eigenvalue weighted by atomic mass is 9.94. The van der Waals surface area contributed by atoms with E-state index in [9.17, 15) is 0 Å². The molecular formula is C16H24BrNO. The molecule has 1 aliphatic carbocycles. The second-order valence-corrected chi connectivity index (χ2v) is 6.37. The molecule has 2 nitrogen and oxygen atoms in total. The third kappa shape index (κ3) is 3.96. The van der Waals surface area contributed by atoms with Crippen molar-refractivity contribution in [3.8, 4) is 5.75 Å². The molecule has 1 fully saturated rings. The van der Waals surface area contributed by atoms with Gasteiger partial charge < -0.3 is 10.1 Å². The highest BCUT2D eigenvalue weighted by atomic mass is 79.9. The van der Waals surface area contributed by atoms with E-state index in [4.69, 9.17) is 4.74 Å². The average molecular weight is 326 g/mol. The zero-order valence-electron chi connectivity index (χ0n) is 11.9. The van der Waals surface area contributed by atoms with Crippen LogP contribution in [-0.2, 0) is 0 Å². The van der Waals surface area contributed by atoms with Gasteiger partial charge in [0.15, 0.2) is 0 Å². The monoisotopic (exact) mass is 325 g/mol. The SMILES string of the molecule is CNC(CCC1CCCC1)c1cc(Br)ccc1OC. The predicted molar refractivity (Wildman–Crippen MR) is 83.7 cm³/mol. The molecule has 1 unspecified atom stereocenters. The molecular weight excluding hydrogens is 302 g/mol. The highest BCUT2D eigenvalue weighted by Crippen LogP contribution is 2.34. The van der Waals surface area contributed by atoms with E-state index in [0.29, 0.717) is 6.04 Å². The van der Waals surface area contributed by atoms with Crippen LogP contribution in [0.15, 0.2) is 22.7 Å². The van der Waals surface area contributed by atoms with E-state index in [1.165, 1.54) is 44.1 Å². The molecule has 1 atom stereocenters. The minimum atomic E-state index is 0.382. The molecule has 0 amide bonds. The van der Waals surface area contributed by atoms with Crippen molar-refractivity contribution in [1.82, 2.24) is 5.32 Å². The summed E-state index contributed by atoms with van der Waals surface area (Å²) in [6.45, 7) is 0. The summed E-state index contributed by atoms with van der Waals surface area (Å²) >= 11 is 3.56. The third-order valence-electron chi connectivity index (χ3n) is 4.25. The third-order valence-corrected chi connectivity index (χ3v) is 4.75. The predicted octanol–water partition coefficient (Wildman–Crippen LogP) is 4.69. The fraction of sp³-hybridized carbons (Fsp3) is 0.625. The zero-order chi connectivity index (χ0) is 13.7. The number of methoxy groups -OCH3 is 1. The maximum Gasteiger partial charge on any atom is 0.123 e. The summed E-state index contributed by atoms with van der Waals surface area (Å²) in [5.41, 5.74) is 1.26. The summed E-state index contributed by atoms with van der Waals surface area (Å²) in [5.74, 6) is 1.92. The fourth-order valence-electron chi connectivity index (χ4n) is 3.13. The first-order valence-electron chi connectivity index (χ1n) is 7.25. The van der Waals surface area contributed by atoms with Crippen molar-refractivity contribution in [2.24, 2.45) is 5.92 Å². The molecule has 1 aliphatic rings. The van der Waals surface area contributed by atoms with Crippen LogP contribution in [0.5, 0.6) is 5.75 Å². The van der Waals surface area contributed by atoms with Crippen molar-refractivity contribution >= 4 is 15.9 Å². The largest absolute Gasteiger partial charge is 0.496 e. The van der Waals surface area contributed by atoms with E-state index >= 15 is 0 Å². The van der Waals surface area contributed by atoms with Crippen molar-refractivity contribution in [3.05, 3.63) is 28.2 Å². The molecule has 106 valence electrons. The van der Waals surface area contributed by atoms with E-state index in [1.54, 1.807) is 7.11 Å². The molecule has 0 heterocycles. The van der Waals surface area contributed by atoms with Crippen LogP contribution >= 0.6 is 15.9 Å². The van der Waals surface area contributed by atoms with E-state index in [2.05, 4.69) is 27.3 Å². The van der Waals surface area contributed by atoms with Crippen LogP contribution in [0.1, 0.15) is 50.1 Å². The van der Waals surface area contributed by atoms with Gasteiger partial charge in [-0.05, 0) is 44.0 Å². The standard InChI is InChI=1S/C16H24BrNO/c1-18-15(9-7-12-5-3-4-6-12)14-11-13(17)8-10-16(14)19-2/h8,10-12,15,18H,3-7,9H2,1-2H3. The van der Waals surface area contributed by atoms with Gasteiger partial charge in [-0.2, -0.15) is 0 Å².